The van der Waals surface area contributed by atoms with Gasteiger partial charge in [0.15, 0.2) is 0 Å². The normalized spacial score (nSPS) is 25.0. The van der Waals surface area contributed by atoms with Crippen molar-refractivity contribution in [1.29, 1.82) is 0 Å². The van der Waals surface area contributed by atoms with Crippen LogP contribution in [0.4, 0.5) is 8.78 Å². The second kappa shape index (κ2) is 13.2. The molecule has 48 heavy (non-hydrogen) atoms. The van der Waals surface area contributed by atoms with Gasteiger partial charge in [0.1, 0.15) is 17.0 Å². The van der Waals surface area contributed by atoms with E-state index in [1.807, 2.05) is 38.1 Å². The predicted molar refractivity (Wildman–Crippen MR) is 180 cm³/mol. The Morgan fingerprint density at radius 1 is 1.10 bits per heavy atom. The Bertz CT molecular complexity index is 1790. The standard InChI is InChI=1S/C38H44F2N6O2/c1-24(2)37(40)12-8-33-29(20-37)18-27-17-28(19-31(39)35(27)44-33)36(47)45-34(25-6-7-32(41-21-25)26-9-14-42-43-22-26)10-15-46-16-13-38(48)11-4-3-5-30(38)23-46/h6-7,9,14,17-19,21-22,24,30,34,48H,3-5,8,10-13,15-16,20,23H2,1-2H3,(H,45,47)/t30?,34-,37+,38?/m1/s1. The summed E-state index contributed by atoms with van der Waals surface area (Å²) in [6.07, 6.45) is 11.6. The van der Waals surface area contributed by atoms with Gasteiger partial charge >= 0.3 is 0 Å². The third-order valence-corrected chi connectivity index (χ3v) is 11.2. The van der Waals surface area contributed by atoms with E-state index in [9.17, 15) is 9.90 Å². The first kappa shape index (κ1) is 32.6. The average Bonchev–Trinajstić information content (AvgIpc) is 3.09. The van der Waals surface area contributed by atoms with Crippen LogP contribution in [0, 0.1) is 17.7 Å². The summed E-state index contributed by atoms with van der Waals surface area (Å²) in [5.74, 6) is -0.840. The topological polar surface area (TPSA) is 104 Å². The molecule has 0 radical (unpaired) electrons. The van der Waals surface area contributed by atoms with E-state index in [0.717, 1.165) is 79.8 Å². The van der Waals surface area contributed by atoms with Crippen molar-refractivity contribution in [2.75, 3.05) is 19.6 Å². The fourth-order valence-electron chi connectivity index (χ4n) is 7.99. The molecule has 252 valence electrons. The van der Waals surface area contributed by atoms with Crippen molar-refractivity contribution in [2.24, 2.45) is 11.8 Å². The molecule has 0 bridgehead atoms. The lowest BCUT2D eigenvalue weighted by Crippen LogP contribution is -2.53. The van der Waals surface area contributed by atoms with Gasteiger partial charge in [0.2, 0.25) is 0 Å². The van der Waals surface area contributed by atoms with E-state index >= 15 is 8.78 Å². The molecule has 1 saturated carbocycles. The summed E-state index contributed by atoms with van der Waals surface area (Å²) in [6.45, 7) is 6.16. The molecule has 1 saturated heterocycles. The number of benzene rings is 1. The minimum absolute atomic E-state index is 0.143. The summed E-state index contributed by atoms with van der Waals surface area (Å²) >= 11 is 0. The third-order valence-electron chi connectivity index (χ3n) is 11.2. The molecule has 2 fully saturated rings. The average molecular weight is 655 g/mol. The van der Waals surface area contributed by atoms with Crippen molar-refractivity contribution in [3.63, 3.8) is 0 Å². The number of carbonyl (C=O) groups is 1. The van der Waals surface area contributed by atoms with Gasteiger partial charge in [-0.25, -0.2) is 13.8 Å². The fourth-order valence-corrected chi connectivity index (χ4v) is 7.99. The minimum atomic E-state index is -1.33. The van der Waals surface area contributed by atoms with Gasteiger partial charge in [-0.3, -0.25) is 9.78 Å². The van der Waals surface area contributed by atoms with Gasteiger partial charge in [0.05, 0.1) is 29.7 Å². The molecule has 10 heteroatoms. The van der Waals surface area contributed by atoms with Crippen molar-refractivity contribution >= 4 is 16.8 Å². The zero-order valence-corrected chi connectivity index (χ0v) is 27.8. The number of hydrogen-bond acceptors (Lipinski definition) is 7. The van der Waals surface area contributed by atoms with Gasteiger partial charge in [-0.05, 0) is 85.9 Å². The number of aromatic nitrogens is 4. The second-order valence-corrected chi connectivity index (χ2v) is 14.5. The zero-order chi connectivity index (χ0) is 33.5. The van der Waals surface area contributed by atoms with Crippen molar-refractivity contribution < 1.29 is 18.7 Å². The monoisotopic (exact) mass is 654 g/mol. The number of aryl methyl sites for hydroxylation is 1. The van der Waals surface area contributed by atoms with Crippen LogP contribution in [0.5, 0.6) is 0 Å². The molecule has 2 unspecified atom stereocenters. The number of nitrogens with one attached hydrogen (secondary N) is 1. The number of rotatable bonds is 8. The number of piperidine rings is 1. The summed E-state index contributed by atoms with van der Waals surface area (Å²) in [5, 5.41) is 22.6. The highest BCUT2D eigenvalue weighted by molar-refractivity contribution is 5.98. The molecule has 2 aliphatic carbocycles. The van der Waals surface area contributed by atoms with Crippen molar-refractivity contribution in [1.82, 2.24) is 30.4 Å². The number of alkyl halides is 1. The Balaban J connectivity index is 1.13. The van der Waals surface area contributed by atoms with Gasteiger partial charge in [-0.1, -0.05) is 32.8 Å². The maximum Gasteiger partial charge on any atom is 0.251 e. The van der Waals surface area contributed by atoms with Gasteiger partial charge in [-0.2, -0.15) is 10.2 Å². The molecule has 4 atom stereocenters. The highest BCUT2D eigenvalue weighted by Crippen LogP contribution is 2.40. The van der Waals surface area contributed by atoms with Crippen LogP contribution in [-0.4, -0.2) is 67.0 Å². The lowest BCUT2D eigenvalue weighted by Gasteiger charge is -2.47. The van der Waals surface area contributed by atoms with Crippen LogP contribution in [0.2, 0.25) is 0 Å². The zero-order valence-electron chi connectivity index (χ0n) is 27.8. The van der Waals surface area contributed by atoms with Crippen LogP contribution >= 0.6 is 0 Å². The molecule has 7 rings (SSSR count). The first-order chi connectivity index (χ1) is 23.1. The van der Waals surface area contributed by atoms with Gasteiger partial charge in [-0.15, -0.1) is 0 Å². The molecule has 3 aliphatic rings. The lowest BCUT2D eigenvalue weighted by molar-refractivity contribution is -0.0955. The van der Waals surface area contributed by atoms with Gasteiger partial charge in [0.25, 0.3) is 5.91 Å². The number of hydrogen-bond donors (Lipinski definition) is 2. The van der Waals surface area contributed by atoms with Crippen molar-refractivity contribution in [3.8, 4) is 11.3 Å². The Hall–Kier alpha value is -3.89. The molecule has 2 N–H and O–H groups in total. The predicted octanol–water partition coefficient (Wildman–Crippen LogP) is 6.57. The molecule has 1 aromatic carbocycles. The van der Waals surface area contributed by atoms with Crippen LogP contribution in [-0.2, 0) is 12.8 Å². The van der Waals surface area contributed by atoms with E-state index < -0.39 is 23.0 Å². The fraction of sp³-hybridized carbons (Fsp3) is 0.500. The number of halogens is 2. The van der Waals surface area contributed by atoms with Crippen LogP contribution in [0.15, 0.2) is 55.0 Å². The molecule has 4 aromatic rings. The van der Waals surface area contributed by atoms with E-state index in [1.54, 1.807) is 24.7 Å². The Labute approximate surface area is 280 Å². The molecule has 0 spiro atoms. The SMILES string of the molecule is CC(C)[C@]1(F)CCc2nc3c(F)cc(C(=O)N[C@H](CCN4CCC5(O)CCCCC5C4)c4ccc(-c5ccnnc5)nc4)cc3cc2C1. The van der Waals surface area contributed by atoms with Crippen molar-refractivity contribution in [3.05, 3.63) is 83.2 Å². The Kier molecular flexibility index (Phi) is 8.98. The van der Waals surface area contributed by atoms with Crippen LogP contribution in [0.25, 0.3) is 22.2 Å². The first-order valence-corrected chi connectivity index (χ1v) is 17.4. The molecule has 1 aliphatic heterocycles. The highest BCUT2D eigenvalue weighted by Gasteiger charge is 2.42. The summed E-state index contributed by atoms with van der Waals surface area (Å²) < 4.78 is 31.1. The van der Waals surface area contributed by atoms with E-state index in [1.165, 1.54) is 6.07 Å². The van der Waals surface area contributed by atoms with Crippen molar-refractivity contribution in [2.45, 2.75) is 88.9 Å². The number of nitrogens with zero attached hydrogens (tertiary/aromatic N) is 5. The highest BCUT2D eigenvalue weighted by atomic mass is 19.1. The second-order valence-electron chi connectivity index (χ2n) is 14.5. The van der Waals surface area contributed by atoms with Gasteiger partial charge < -0.3 is 15.3 Å². The van der Waals surface area contributed by atoms with Crippen LogP contribution < -0.4 is 5.32 Å². The summed E-state index contributed by atoms with van der Waals surface area (Å²) in [6, 6.07) is 10.0. The summed E-state index contributed by atoms with van der Waals surface area (Å²) in [7, 11) is 0. The van der Waals surface area contributed by atoms with E-state index in [4.69, 9.17) is 0 Å². The molecular formula is C38H44F2N6O2. The Morgan fingerprint density at radius 3 is 2.75 bits per heavy atom. The number of fused-ring (bicyclic) bond motifs is 3. The third kappa shape index (κ3) is 6.57. The number of aliphatic hydroxyl groups is 1. The molecule has 8 nitrogen and oxygen atoms in total. The lowest BCUT2D eigenvalue weighted by atomic mass is 9.71. The molecule has 1 amide bonds. The first-order valence-electron chi connectivity index (χ1n) is 17.4. The number of carbonyl (C=O) groups excluding carboxylic acids is 1. The molecular weight excluding hydrogens is 610 g/mol. The van der Waals surface area contributed by atoms with Gasteiger partial charge in [0, 0.05) is 60.4 Å². The van der Waals surface area contributed by atoms with E-state index in [0.29, 0.717) is 24.6 Å². The Morgan fingerprint density at radius 2 is 1.98 bits per heavy atom. The summed E-state index contributed by atoms with van der Waals surface area (Å²) in [4.78, 5) is 25.5. The quantitative estimate of drug-likeness (QED) is 0.222. The summed E-state index contributed by atoms with van der Waals surface area (Å²) in [5.41, 5.74) is 2.44. The van der Waals surface area contributed by atoms with Crippen LogP contribution in [0.1, 0.15) is 92.0 Å². The number of likely N-dealkylation sites (tertiary alicyclic amines) is 1. The van der Waals surface area contributed by atoms with E-state index in [2.05, 4.69) is 30.4 Å². The maximum atomic E-state index is 15.6. The van der Waals surface area contributed by atoms with E-state index in [-0.39, 0.29) is 35.4 Å². The largest absolute Gasteiger partial charge is 0.390 e. The van der Waals surface area contributed by atoms with Crippen LogP contribution in [0.3, 0.4) is 0 Å². The maximum absolute atomic E-state index is 15.6. The smallest absolute Gasteiger partial charge is 0.251 e. The number of amides is 1. The minimum Gasteiger partial charge on any atom is -0.390 e. The number of pyridine rings is 2. The molecule has 4 heterocycles. The molecule has 3 aromatic heterocycles.